The third-order valence-electron chi connectivity index (χ3n) is 5.68. The number of carbonyl (C=O) groups excluding carboxylic acids is 2. The van der Waals surface area contributed by atoms with E-state index in [1.165, 1.54) is 38.0 Å². The molecule has 0 radical (unpaired) electrons. The lowest BCUT2D eigenvalue weighted by Gasteiger charge is -2.20. The Morgan fingerprint density at radius 2 is 1.91 bits per heavy atom. The van der Waals surface area contributed by atoms with Crippen LogP contribution in [0.1, 0.15) is 12.0 Å². The number of hydrogen-bond donors (Lipinski definition) is 1. The molecule has 4 rings (SSSR count). The van der Waals surface area contributed by atoms with Gasteiger partial charge >= 0.3 is 5.69 Å². The van der Waals surface area contributed by atoms with Crippen LogP contribution in [0.2, 0.25) is 0 Å². The van der Waals surface area contributed by atoms with Crippen molar-refractivity contribution in [3.05, 3.63) is 56.9 Å². The Kier molecular flexibility index (Phi) is 5.29. The molecule has 1 atom stereocenters. The van der Waals surface area contributed by atoms with E-state index in [0.717, 1.165) is 10.1 Å². The van der Waals surface area contributed by atoms with Crippen LogP contribution in [0.3, 0.4) is 0 Å². The number of fused-ring (bicyclic) bond motifs is 1. The van der Waals surface area contributed by atoms with Crippen molar-refractivity contribution in [2.45, 2.75) is 13.3 Å². The van der Waals surface area contributed by atoms with Crippen molar-refractivity contribution in [1.29, 1.82) is 0 Å². The minimum absolute atomic E-state index is 0.0558. The van der Waals surface area contributed by atoms with Crippen LogP contribution in [0, 0.1) is 12.8 Å². The molecule has 0 spiro atoms. The van der Waals surface area contributed by atoms with Crippen molar-refractivity contribution in [1.82, 2.24) is 14.1 Å². The van der Waals surface area contributed by atoms with Crippen molar-refractivity contribution >= 4 is 34.2 Å². The Morgan fingerprint density at radius 1 is 1.16 bits per heavy atom. The monoisotopic (exact) mass is 437 g/mol. The molecule has 1 N–H and O–H groups in total. The van der Waals surface area contributed by atoms with E-state index in [1.807, 2.05) is 19.1 Å². The molecule has 2 aromatic heterocycles. The molecule has 3 aromatic rings. The summed E-state index contributed by atoms with van der Waals surface area (Å²) < 4.78 is 7.63. The van der Waals surface area contributed by atoms with E-state index >= 15 is 0 Å². The number of anilines is 2. The molecule has 3 heterocycles. The van der Waals surface area contributed by atoms with Gasteiger partial charge in [-0.2, -0.15) is 0 Å². The van der Waals surface area contributed by atoms with Gasteiger partial charge in [0, 0.05) is 27.1 Å². The van der Waals surface area contributed by atoms with Crippen molar-refractivity contribution in [3.8, 4) is 5.75 Å². The number of hydrogen-bond acceptors (Lipinski definition) is 6. The van der Waals surface area contributed by atoms with E-state index < -0.39 is 17.2 Å². The summed E-state index contributed by atoms with van der Waals surface area (Å²) in [5.41, 5.74) is 1.16. The first-order valence-electron chi connectivity index (χ1n) is 10.0. The third-order valence-corrected chi connectivity index (χ3v) is 5.68. The fourth-order valence-electron chi connectivity index (χ4n) is 3.91. The number of ether oxygens (including phenoxy) is 1. The number of pyridine rings is 1. The van der Waals surface area contributed by atoms with Crippen LogP contribution in [0.25, 0.3) is 11.0 Å². The summed E-state index contributed by atoms with van der Waals surface area (Å²) in [7, 11) is 4.44. The van der Waals surface area contributed by atoms with Crippen LogP contribution in [-0.2, 0) is 23.7 Å². The van der Waals surface area contributed by atoms with Crippen molar-refractivity contribution in [3.63, 3.8) is 0 Å². The van der Waals surface area contributed by atoms with Gasteiger partial charge < -0.3 is 15.0 Å². The SMILES string of the molecule is COc1ccc(C)cc1N1CC(C(=O)Nc2cnc3c(c2)c(=O)n(C)c(=O)n3C)CC1=O. The quantitative estimate of drug-likeness (QED) is 0.650. The highest BCUT2D eigenvalue weighted by Crippen LogP contribution is 2.34. The summed E-state index contributed by atoms with van der Waals surface area (Å²) in [4.78, 5) is 55.8. The molecule has 1 aliphatic heterocycles. The Hall–Kier alpha value is -3.95. The van der Waals surface area contributed by atoms with E-state index in [0.29, 0.717) is 17.1 Å². The van der Waals surface area contributed by atoms with Gasteiger partial charge in [0.25, 0.3) is 5.56 Å². The average molecular weight is 437 g/mol. The molecule has 0 bridgehead atoms. The van der Waals surface area contributed by atoms with E-state index in [-0.39, 0.29) is 35.8 Å². The Morgan fingerprint density at radius 3 is 2.62 bits per heavy atom. The van der Waals surface area contributed by atoms with Gasteiger partial charge in [0.05, 0.1) is 36.0 Å². The maximum atomic E-state index is 12.9. The average Bonchev–Trinajstić information content (AvgIpc) is 3.17. The van der Waals surface area contributed by atoms with Crippen LogP contribution in [0.5, 0.6) is 5.75 Å². The lowest BCUT2D eigenvalue weighted by atomic mass is 10.1. The number of nitrogens with one attached hydrogen (secondary N) is 1. The largest absolute Gasteiger partial charge is 0.495 e. The van der Waals surface area contributed by atoms with E-state index in [9.17, 15) is 19.2 Å². The molecular formula is C22H23N5O5. The van der Waals surface area contributed by atoms with Crippen molar-refractivity contribution in [2.75, 3.05) is 23.9 Å². The Bertz CT molecular complexity index is 1370. The maximum Gasteiger partial charge on any atom is 0.332 e. The van der Waals surface area contributed by atoms with Gasteiger partial charge in [-0.05, 0) is 30.7 Å². The van der Waals surface area contributed by atoms with Gasteiger partial charge in [0.1, 0.15) is 11.4 Å². The first kappa shape index (κ1) is 21.3. The number of aromatic nitrogens is 3. The zero-order chi connectivity index (χ0) is 23.2. The molecule has 1 aliphatic rings. The van der Waals surface area contributed by atoms with Crippen molar-refractivity contribution in [2.24, 2.45) is 20.0 Å². The molecule has 0 saturated carbocycles. The lowest BCUT2D eigenvalue weighted by molar-refractivity contribution is -0.122. The number of rotatable bonds is 4. The molecule has 10 heteroatoms. The van der Waals surface area contributed by atoms with E-state index in [4.69, 9.17) is 4.74 Å². The normalized spacial score (nSPS) is 15.9. The summed E-state index contributed by atoms with van der Waals surface area (Å²) in [6.07, 6.45) is 1.44. The molecule has 1 aromatic carbocycles. The van der Waals surface area contributed by atoms with Gasteiger partial charge in [-0.3, -0.25) is 23.5 Å². The predicted molar refractivity (Wildman–Crippen MR) is 119 cm³/mol. The van der Waals surface area contributed by atoms with Gasteiger partial charge in [0.2, 0.25) is 11.8 Å². The third kappa shape index (κ3) is 3.53. The molecule has 0 aliphatic carbocycles. The van der Waals surface area contributed by atoms with Gasteiger partial charge in [-0.15, -0.1) is 0 Å². The zero-order valence-corrected chi connectivity index (χ0v) is 18.2. The molecule has 166 valence electrons. The Labute approximate surface area is 183 Å². The highest BCUT2D eigenvalue weighted by atomic mass is 16.5. The fourth-order valence-corrected chi connectivity index (χ4v) is 3.91. The number of benzene rings is 1. The van der Waals surface area contributed by atoms with Crippen LogP contribution in [0.4, 0.5) is 11.4 Å². The highest BCUT2D eigenvalue weighted by molar-refractivity contribution is 6.04. The summed E-state index contributed by atoms with van der Waals surface area (Å²) >= 11 is 0. The standard InChI is InChI=1S/C22H23N5O5/c1-12-5-6-17(32-4)16(7-12)27-11-13(8-18(27)28)20(29)24-14-9-15-19(23-10-14)25(2)22(31)26(3)21(15)30/h5-7,9-10,13H,8,11H2,1-4H3,(H,24,29). The number of nitrogens with zero attached hydrogens (tertiary/aromatic N) is 4. The van der Waals surface area contributed by atoms with E-state index in [1.54, 1.807) is 11.0 Å². The fraction of sp³-hybridized carbons (Fsp3) is 0.318. The van der Waals surface area contributed by atoms with E-state index in [2.05, 4.69) is 10.3 Å². The molecule has 1 fully saturated rings. The Balaban J connectivity index is 1.58. The second-order valence-corrected chi connectivity index (χ2v) is 7.87. The van der Waals surface area contributed by atoms with Gasteiger partial charge in [-0.25, -0.2) is 9.78 Å². The second kappa shape index (κ2) is 7.95. The summed E-state index contributed by atoms with van der Waals surface area (Å²) in [6, 6.07) is 7.02. The van der Waals surface area contributed by atoms with Crippen LogP contribution >= 0.6 is 0 Å². The molecule has 10 nitrogen and oxygen atoms in total. The number of methoxy groups -OCH3 is 1. The molecule has 2 amide bonds. The minimum Gasteiger partial charge on any atom is -0.495 e. The maximum absolute atomic E-state index is 12.9. The lowest BCUT2D eigenvalue weighted by Crippen LogP contribution is -2.37. The molecule has 1 saturated heterocycles. The number of carbonyl (C=O) groups is 2. The topological polar surface area (TPSA) is 116 Å². The zero-order valence-electron chi connectivity index (χ0n) is 18.2. The van der Waals surface area contributed by atoms with Crippen LogP contribution in [0.15, 0.2) is 40.1 Å². The smallest absolute Gasteiger partial charge is 0.332 e. The highest BCUT2D eigenvalue weighted by Gasteiger charge is 2.36. The molecular weight excluding hydrogens is 414 g/mol. The minimum atomic E-state index is -0.577. The predicted octanol–water partition coefficient (Wildman–Crippen LogP) is 0.941. The van der Waals surface area contributed by atoms with Crippen molar-refractivity contribution < 1.29 is 14.3 Å². The molecule has 32 heavy (non-hydrogen) atoms. The number of aryl methyl sites for hydroxylation is 2. The van der Waals surface area contributed by atoms with Gasteiger partial charge in [-0.1, -0.05) is 6.07 Å². The van der Waals surface area contributed by atoms with Crippen LogP contribution < -0.4 is 26.2 Å². The molecule has 1 unspecified atom stereocenters. The van der Waals surface area contributed by atoms with Gasteiger partial charge in [0.15, 0.2) is 0 Å². The second-order valence-electron chi connectivity index (χ2n) is 7.87. The summed E-state index contributed by atoms with van der Waals surface area (Å²) in [6.45, 7) is 2.13. The van der Waals surface area contributed by atoms with Crippen LogP contribution in [-0.4, -0.2) is 39.6 Å². The summed E-state index contributed by atoms with van der Waals surface area (Å²) in [5.74, 6) is -0.540. The summed E-state index contributed by atoms with van der Waals surface area (Å²) in [5, 5.41) is 2.95. The number of amides is 2. The first-order chi connectivity index (χ1) is 15.2. The first-order valence-corrected chi connectivity index (χ1v) is 10.0.